The molecule has 0 radical (unpaired) electrons. The summed E-state index contributed by atoms with van der Waals surface area (Å²) in [6.45, 7) is 5.86. The Morgan fingerprint density at radius 3 is 2.28 bits per heavy atom. The molecule has 0 bridgehead atoms. The molecule has 11 heteroatoms. The van der Waals surface area contributed by atoms with Crippen LogP contribution in [0.2, 0.25) is 0 Å². The zero-order chi connectivity index (χ0) is 26.5. The van der Waals surface area contributed by atoms with Crippen molar-refractivity contribution in [1.29, 1.82) is 0 Å². The first-order valence-electron chi connectivity index (χ1n) is 11.6. The maximum Gasteiger partial charge on any atom is 0.309 e. The number of amides is 2. The molecule has 0 saturated carbocycles. The molecule has 2 N–H and O–H groups in total. The normalized spacial score (nSPS) is 16.0. The van der Waals surface area contributed by atoms with Gasteiger partial charge in [-0.3, -0.25) is 9.59 Å². The van der Waals surface area contributed by atoms with E-state index in [1.807, 2.05) is 25.1 Å². The van der Waals surface area contributed by atoms with Crippen molar-refractivity contribution in [2.75, 3.05) is 40.5 Å². The molecular weight excluding hydrogens is 486 g/mol. The average molecular weight is 520 g/mol. The first-order valence-corrected chi connectivity index (χ1v) is 13.0. The zero-order valence-electron chi connectivity index (χ0n) is 21.2. The zero-order valence-corrected chi connectivity index (χ0v) is 22.0. The number of nitrogens with one attached hydrogen (secondary N) is 2. The number of rotatable bonds is 9. The first-order chi connectivity index (χ1) is 17.1. The second-order valence-corrected chi connectivity index (χ2v) is 10.4. The first kappa shape index (κ1) is 27.4. The van der Waals surface area contributed by atoms with Gasteiger partial charge in [0.1, 0.15) is 6.23 Å². The van der Waals surface area contributed by atoms with Crippen LogP contribution in [-0.2, 0) is 30.8 Å². The van der Waals surface area contributed by atoms with Crippen LogP contribution in [0.1, 0.15) is 22.3 Å². The third-order valence-electron chi connectivity index (χ3n) is 5.91. The number of carbonyl (C=O) groups excluding carboxylic acids is 2. The van der Waals surface area contributed by atoms with E-state index in [-0.39, 0.29) is 31.1 Å². The van der Waals surface area contributed by atoms with Gasteiger partial charge in [-0.05, 0) is 56.0 Å². The molecule has 0 aliphatic carbocycles. The largest absolute Gasteiger partial charge is 0.493 e. The SMILES string of the molecule is COc1ccc(CCNC(=O)C(=O)NC[C@@H]2OCCN2S(=O)(=O)c2c(C)cc(C)cc2C)cc1OC. The van der Waals surface area contributed by atoms with Crippen molar-refractivity contribution in [3.63, 3.8) is 0 Å². The highest BCUT2D eigenvalue weighted by Crippen LogP contribution is 2.29. The molecule has 2 aromatic carbocycles. The van der Waals surface area contributed by atoms with E-state index in [0.29, 0.717) is 29.0 Å². The Morgan fingerprint density at radius 1 is 1.00 bits per heavy atom. The molecule has 1 saturated heterocycles. The molecule has 3 rings (SSSR count). The molecule has 196 valence electrons. The van der Waals surface area contributed by atoms with E-state index in [9.17, 15) is 18.0 Å². The number of hydrogen-bond donors (Lipinski definition) is 2. The Labute approximate surface area is 212 Å². The molecule has 2 amide bonds. The summed E-state index contributed by atoms with van der Waals surface area (Å²) in [5.41, 5.74) is 3.17. The van der Waals surface area contributed by atoms with Crippen molar-refractivity contribution < 1.29 is 32.2 Å². The van der Waals surface area contributed by atoms with Gasteiger partial charge in [0.25, 0.3) is 0 Å². The van der Waals surface area contributed by atoms with Crippen LogP contribution in [0.15, 0.2) is 35.2 Å². The molecular formula is C25H33N3O7S. The van der Waals surface area contributed by atoms with Gasteiger partial charge in [0, 0.05) is 13.1 Å². The lowest BCUT2D eigenvalue weighted by Crippen LogP contribution is -2.47. The number of methoxy groups -OCH3 is 2. The summed E-state index contributed by atoms with van der Waals surface area (Å²) in [5, 5.41) is 5.04. The molecule has 0 aromatic heterocycles. The summed E-state index contributed by atoms with van der Waals surface area (Å²) in [7, 11) is -0.766. The number of benzene rings is 2. The molecule has 36 heavy (non-hydrogen) atoms. The summed E-state index contributed by atoms with van der Waals surface area (Å²) in [6, 6.07) is 9.05. The lowest BCUT2D eigenvalue weighted by molar-refractivity contribution is -0.139. The van der Waals surface area contributed by atoms with Crippen LogP contribution in [-0.4, -0.2) is 71.2 Å². The molecule has 0 unspecified atom stereocenters. The Morgan fingerprint density at radius 2 is 1.64 bits per heavy atom. The van der Waals surface area contributed by atoms with E-state index in [1.165, 1.54) is 11.4 Å². The van der Waals surface area contributed by atoms with E-state index in [1.54, 1.807) is 33.1 Å². The van der Waals surface area contributed by atoms with Gasteiger partial charge in [0.2, 0.25) is 10.0 Å². The molecule has 1 fully saturated rings. The van der Waals surface area contributed by atoms with Crippen LogP contribution in [0.4, 0.5) is 0 Å². The minimum atomic E-state index is -3.85. The van der Waals surface area contributed by atoms with Crippen molar-refractivity contribution >= 4 is 21.8 Å². The number of ether oxygens (including phenoxy) is 3. The van der Waals surface area contributed by atoms with Crippen LogP contribution in [0.5, 0.6) is 11.5 Å². The molecule has 1 aliphatic rings. The molecule has 10 nitrogen and oxygen atoms in total. The Balaban J connectivity index is 1.55. The van der Waals surface area contributed by atoms with Gasteiger partial charge >= 0.3 is 11.8 Å². The Kier molecular flexibility index (Phi) is 8.93. The van der Waals surface area contributed by atoms with E-state index < -0.39 is 28.1 Å². The van der Waals surface area contributed by atoms with Gasteiger partial charge in [-0.15, -0.1) is 0 Å². The van der Waals surface area contributed by atoms with Gasteiger partial charge in [-0.25, -0.2) is 8.42 Å². The fourth-order valence-electron chi connectivity index (χ4n) is 4.33. The smallest absolute Gasteiger partial charge is 0.309 e. The van der Waals surface area contributed by atoms with Crippen molar-refractivity contribution in [2.24, 2.45) is 0 Å². The quantitative estimate of drug-likeness (QED) is 0.481. The topological polar surface area (TPSA) is 123 Å². The molecule has 2 aromatic rings. The van der Waals surface area contributed by atoms with Gasteiger partial charge in [-0.1, -0.05) is 23.8 Å². The van der Waals surface area contributed by atoms with Crippen LogP contribution in [0, 0.1) is 20.8 Å². The lowest BCUT2D eigenvalue weighted by atomic mass is 10.1. The van der Waals surface area contributed by atoms with Crippen LogP contribution >= 0.6 is 0 Å². The van der Waals surface area contributed by atoms with Crippen molar-refractivity contribution in [2.45, 2.75) is 38.3 Å². The second kappa shape index (κ2) is 11.7. The molecule has 1 aliphatic heterocycles. The number of nitrogens with zero attached hydrogens (tertiary/aromatic N) is 1. The second-order valence-electron chi connectivity index (χ2n) is 8.57. The highest BCUT2D eigenvalue weighted by molar-refractivity contribution is 7.89. The predicted octanol–water partition coefficient (Wildman–Crippen LogP) is 1.45. The van der Waals surface area contributed by atoms with Crippen molar-refractivity contribution in [3.8, 4) is 11.5 Å². The third kappa shape index (κ3) is 6.15. The van der Waals surface area contributed by atoms with Crippen LogP contribution in [0.3, 0.4) is 0 Å². The number of carbonyl (C=O) groups is 2. The predicted molar refractivity (Wildman–Crippen MR) is 134 cm³/mol. The third-order valence-corrected chi connectivity index (χ3v) is 8.10. The van der Waals surface area contributed by atoms with Gasteiger partial charge in [-0.2, -0.15) is 4.31 Å². The van der Waals surface area contributed by atoms with E-state index in [4.69, 9.17) is 14.2 Å². The minimum Gasteiger partial charge on any atom is -0.493 e. The van der Waals surface area contributed by atoms with Crippen molar-refractivity contribution in [1.82, 2.24) is 14.9 Å². The number of aryl methyl sites for hydroxylation is 3. The van der Waals surface area contributed by atoms with E-state index in [0.717, 1.165) is 11.1 Å². The number of sulfonamides is 1. The van der Waals surface area contributed by atoms with Crippen molar-refractivity contribution in [3.05, 3.63) is 52.6 Å². The van der Waals surface area contributed by atoms with Crippen LogP contribution < -0.4 is 20.1 Å². The van der Waals surface area contributed by atoms with Gasteiger partial charge < -0.3 is 24.8 Å². The highest BCUT2D eigenvalue weighted by Gasteiger charge is 2.38. The maximum absolute atomic E-state index is 13.4. The maximum atomic E-state index is 13.4. The standard InChI is InChI=1S/C25H33N3O7S/c1-16-12-17(2)23(18(3)13-16)36(31,32)28-10-11-35-22(28)15-27-25(30)24(29)26-9-8-19-6-7-20(33-4)21(14-19)34-5/h6-7,12-14,22H,8-11,15H2,1-5H3,(H,26,29)(H,27,30)/t22-/m0/s1. The monoisotopic (exact) mass is 519 g/mol. The van der Waals surface area contributed by atoms with E-state index >= 15 is 0 Å². The van der Waals surface area contributed by atoms with Gasteiger partial charge in [0.05, 0.1) is 32.3 Å². The number of hydrogen-bond acceptors (Lipinski definition) is 7. The summed E-state index contributed by atoms with van der Waals surface area (Å²) in [5.74, 6) is -0.500. The van der Waals surface area contributed by atoms with Gasteiger partial charge in [0.15, 0.2) is 11.5 Å². The average Bonchev–Trinajstić information content (AvgIpc) is 3.31. The van der Waals surface area contributed by atoms with Crippen LogP contribution in [0.25, 0.3) is 0 Å². The fraction of sp³-hybridized carbons (Fsp3) is 0.440. The summed E-state index contributed by atoms with van der Waals surface area (Å²) in [6.07, 6.45) is -0.426. The Bertz CT molecular complexity index is 1210. The fourth-order valence-corrected chi connectivity index (χ4v) is 6.26. The van der Waals surface area contributed by atoms with E-state index in [2.05, 4.69) is 10.6 Å². The summed E-state index contributed by atoms with van der Waals surface area (Å²) < 4.78 is 44.0. The minimum absolute atomic E-state index is 0.148. The molecule has 0 spiro atoms. The highest BCUT2D eigenvalue weighted by atomic mass is 32.2. The Hall–Kier alpha value is -3.15. The summed E-state index contributed by atoms with van der Waals surface area (Å²) in [4.78, 5) is 24.8. The molecule has 1 heterocycles. The summed E-state index contributed by atoms with van der Waals surface area (Å²) >= 11 is 0. The molecule has 1 atom stereocenters. The lowest BCUT2D eigenvalue weighted by Gasteiger charge is -2.24.